The Morgan fingerprint density at radius 1 is 1.46 bits per heavy atom. The van der Waals surface area contributed by atoms with Crippen molar-refractivity contribution >= 4 is 11.8 Å². The SMILES string of the molecule is CSC1CNCC(C(C)C)OC1F. The number of rotatable bonds is 2. The van der Waals surface area contributed by atoms with Crippen LogP contribution in [0.25, 0.3) is 0 Å². The van der Waals surface area contributed by atoms with Gasteiger partial charge in [0.05, 0.1) is 11.4 Å². The number of hydrogen-bond donors (Lipinski definition) is 1. The number of nitrogens with one attached hydrogen (secondary N) is 1. The Kier molecular flexibility index (Phi) is 4.49. The zero-order chi connectivity index (χ0) is 9.84. The number of thioether (sulfide) groups is 1. The van der Waals surface area contributed by atoms with Gasteiger partial charge in [-0.05, 0) is 12.2 Å². The third-order valence-electron chi connectivity index (χ3n) is 2.33. The van der Waals surface area contributed by atoms with Crippen LogP contribution >= 0.6 is 11.8 Å². The van der Waals surface area contributed by atoms with Gasteiger partial charge in [0.25, 0.3) is 0 Å². The summed E-state index contributed by atoms with van der Waals surface area (Å²) < 4.78 is 18.8. The molecule has 78 valence electrons. The molecule has 3 unspecified atom stereocenters. The first-order chi connectivity index (χ1) is 6.15. The van der Waals surface area contributed by atoms with Crippen molar-refractivity contribution in [2.24, 2.45) is 5.92 Å². The summed E-state index contributed by atoms with van der Waals surface area (Å²) in [6.45, 7) is 5.57. The van der Waals surface area contributed by atoms with Crippen LogP contribution < -0.4 is 5.32 Å². The molecule has 0 aromatic carbocycles. The Bertz CT molecular complexity index is 157. The lowest BCUT2D eigenvalue weighted by Gasteiger charge is -2.21. The normalized spacial score (nSPS) is 36.2. The van der Waals surface area contributed by atoms with Crippen LogP contribution in [0.5, 0.6) is 0 Å². The number of alkyl halides is 1. The van der Waals surface area contributed by atoms with Gasteiger partial charge in [-0.2, -0.15) is 11.8 Å². The number of ether oxygens (including phenoxy) is 1. The van der Waals surface area contributed by atoms with Crippen LogP contribution in [0.3, 0.4) is 0 Å². The Hall–Kier alpha value is 0.200. The van der Waals surface area contributed by atoms with Gasteiger partial charge in [-0.3, -0.25) is 0 Å². The molecule has 2 nitrogen and oxygen atoms in total. The van der Waals surface area contributed by atoms with Crippen molar-refractivity contribution in [3.8, 4) is 0 Å². The second kappa shape index (κ2) is 5.17. The molecule has 0 aromatic rings. The first kappa shape index (κ1) is 11.3. The van der Waals surface area contributed by atoms with Gasteiger partial charge in [0.15, 0.2) is 0 Å². The Labute approximate surface area is 83.6 Å². The lowest BCUT2D eigenvalue weighted by molar-refractivity contribution is -0.0886. The average molecular weight is 207 g/mol. The molecule has 0 radical (unpaired) electrons. The van der Waals surface area contributed by atoms with Gasteiger partial charge in [-0.25, -0.2) is 4.39 Å². The average Bonchev–Trinajstić information content (AvgIpc) is 2.26. The minimum atomic E-state index is -1.13. The molecule has 0 saturated carbocycles. The van der Waals surface area contributed by atoms with E-state index >= 15 is 0 Å². The number of hydrogen-bond acceptors (Lipinski definition) is 3. The van der Waals surface area contributed by atoms with Crippen LogP contribution in [0.4, 0.5) is 4.39 Å². The molecule has 1 fully saturated rings. The summed E-state index contributed by atoms with van der Waals surface area (Å²) in [6.07, 6.45) is 0.794. The van der Waals surface area contributed by atoms with E-state index in [-0.39, 0.29) is 11.4 Å². The molecule has 4 heteroatoms. The first-order valence-electron chi connectivity index (χ1n) is 4.68. The summed E-state index contributed by atoms with van der Waals surface area (Å²) in [4.78, 5) is 0. The molecule has 0 aromatic heterocycles. The van der Waals surface area contributed by atoms with E-state index in [1.807, 2.05) is 6.26 Å². The zero-order valence-corrected chi connectivity index (χ0v) is 9.23. The van der Waals surface area contributed by atoms with Crippen molar-refractivity contribution in [3.05, 3.63) is 0 Å². The van der Waals surface area contributed by atoms with Gasteiger partial charge in [0.2, 0.25) is 6.36 Å². The maximum Gasteiger partial charge on any atom is 0.212 e. The van der Waals surface area contributed by atoms with Crippen LogP contribution in [0.1, 0.15) is 13.8 Å². The van der Waals surface area contributed by atoms with E-state index in [1.165, 1.54) is 11.8 Å². The van der Waals surface area contributed by atoms with Crippen LogP contribution in [0.2, 0.25) is 0 Å². The van der Waals surface area contributed by atoms with Gasteiger partial charge in [-0.15, -0.1) is 0 Å². The van der Waals surface area contributed by atoms with Crippen molar-refractivity contribution in [2.45, 2.75) is 31.6 Å². The summed E-state index contributed by atoms with van der Waals surface area (Å²) >= 11 is 1.52. The molecule has 1 aliphatic heterocycles. The monoisotopic (exact) mass is 207 g/mol. The van der Waals surface area contributed by atoms with Crippen LogP contribution in [0, 0.1) is 5.92 Å². The third kappa shape index (κ3) is 3.11. The highest BCUT2D eigenvalue weighted by Crippen LogP contribution is 2.21. The van der Waals surface area contributed by atoms with Gasteiger partial charge in [0.1, 0.15) is 0 Å². The molecule has 1 N–H and O–H groups in total. The molecular formula is C9H18FNOS. The summed E-state index contributed by atoms with van der Waals surface area (Å²) in [5.41, 5.74) is 0. The van der Waals surface area contributed by atoms with Crippen LogP contribution in [-0.2, 0) is 4.74 Å². The lowest BCUT2D eigenvalue weighted by Crippen LogP contribution is -2.30. The quantitative estimate of drug-likeness (QED) is 0.744. The van der Waals surface area contributed by atoms with Crippen LogP contribution in [0.15, 0.2) is 0 Å². The standard InChI is InChI=1S/C9H18FNOS/c1-6(2)7-4-11-5-8(13-3)9(10)12-7/h6-9,11H,4-5H2,1-3H3. The predicted octanol–water partition coefficient (Wildman–Crippen LogP) is 1.66. The highest BCUT2D eigenvalue weighted by Gasteiger charge is 2.29. The van der Waals surface area contributed by atoms with Gasteiger partial charge in [0, 0.05) is 13.1 Å². The largest absolute Gasteiger partial charge is 0.342 e. The van der Waals surface area contributed by atoms with E-state index < -0.39 is 6.36 Å². The summed E-state index contributed by atoms with van der Waals surface area (Å²) in [5.74, 6) is 0.367. The summed E-state index contributed by atoms with van der Waals surface area (Å²) in [5, 5.41) is 3.16. The molecule has 0 bridgehead atoms. The topological polar surface area (TPSA) is 21.3 Å². The van der Waals surface area contributed by atoms with Gasteiger partial charge >= 0.3 is 0 Å². The van der Waals surface area contributed by atoms with E-state index in [4.69, 9.17) is 4.74 Å². The fourth-order valence-corrected chi connectivity index (χ4v) is 1.91. The fourth-order valence-electron chi connectivity index (χ4n) is 1.35. The minimum absolute atomic E-state index is 0.00662. The van der Waals surface area contributed by atoms with Crippen molar-refractivity contribution in [1.82, 2.24) is 5.32 Å². The molecule has 3 atom stereocenters. The predicted molar refractivity (Wildman–Crippen MR) is 54.8 cm³/mol. The molecule has 1 heterocycles. The third-order valence-corrected chi connectivity index (χ3v) is 3.32. The summed E-state index contributed by atoms with van der Waals surface area (Å²) in [7, 11) is 0. The lowest BCUT2D eigenvalue weighted by atomic mass is 10.1. The van der Waals surface area contributed by atoms with E-state index in [2.05, 4.69) is 19.2 Å². The van der Waals surface area contributed by atoms with Gasteiger partial charge in [-0.1, -0.05) is 13.8 Å². The maximum atomic E-state index is 13.4. The maximum absolute atomic E-state index is 13.4. The molecule has 13 heavy (non-hydrogen) atoms. The van der Waals surface area contributed by atoms with Crippen molar-refractivity contribution in [3.63, 3.8) is 0 Å². The first-order valence-corrected chi connectivity index (χ1v) is 5.97. The van der Waals surface area contributed by atoms with Crippen molar-refractivity contribution < 1.29 is 9.13 Å². The molecule has 0 aliphatic carbocycles. The molecule has 0 spiro atoms. The van der Waals surface area contributed by atoms with Crippen molar-refractivity contribution in [2.75, 3.05) is 19.3 Å². The summed E-state index contributed by atoms with van der Waals surface area (Å²) in [6, 6.07) is 0. The highest BCUT2D eigenvalue weighted by atomic mass is 32.2. The molecule has 1 rings (SSSR count). The molecular weight excluding hydrogens is 189 g/mol. The molecule has 1 aliphatic rings. The molecule has 0 amide bonds. The van der Waals surface area contributed by atoms with Crippen molar-refractivity contribution in [1.29, 1.82) is 0 Å². The Morgan fingerprint density at radius 2 is 2.15 bits per heavy atom. The molecule has 1 saturated heterocycles. The zero-order valence-electron chi connectivity index (χ0n) is 8.42. The second-order valence-electron chi connectivity index (χ2n) is 3.70. The van der Waals surface area contributed by atoms with E-state index in [0.717, 1.165) is 6.54 Å². The van der Waals surface area contributed by atoms with Crippen LogP contribution in [-0.4, -0.2) is 37.1 Å². The second-order valence-corrected chi connectivity index (χ2v) is 4.78. The smallest absolute Gasteiger partial charge is 0.212 e. The Balaban J connectivity index is 2.50. The van der Waals surface area contributed by atoms with E-state index in [0.29, 0.717) is 12.5 Å². The highest BCUT2D eigenvalue weighted by molar-refractivity contribution is 7.99. The minimum Gasteiger partial charge on any atom is -0.342 e. The Morgan fingerprint density at radius 3 is 2.69 bits per heavy atom. The van der Waals surface area contributed by atoms with E-state index in [1.54, 1.807) is 0 Å². The van der Waals surface area contributed by atoms with Gasteiger partial charge < -0.3 is 10.1 Å². The van der Waals surface area contributed by atoms with E-state index in [9.17, 15) is 4.39 Å². The number of halogens is 1. The fraction of sp³-hybridized carbons (Fsp3) is 1.00.